The molecule has 2 saturated carbocycles. The molecule has 0 spiro atoms. The Morgan fingerprint density at radius 3 is 2.42 bits per heavy atom. The second kappa shape index (κ2) is 11.3. The first-order valence-electron chi connectivity index (χ1n) is 13.5. The number of anilines is 1. The molecule has 2 aliphatic rings. The van der Waals surface area contributed by atoms with Crippen molar-refractivity contribution in [2.75, 3.05) is 11.1 Å². The summed E-state index contributed by atoms with van der Waals surface area (Å²) >= 11 is 1.64. The zero-order valence-corrected chi connectivity index (χ0v) is 23.4. The topological polar surface area (TPSA) is 114 Å². The van der Waals surface area contributed by atoms with Gasteiger partial charge < -0.3 is 11.1 Å². The third-order valence-corrected chi connectivity index (χ3v) is 10.2. The Morgan fingerprint density at radius 1 is 1.08 bits per heavy atom. The SMILES string of the molecule is CCS(=O)(=O)N[C@H]1CC[C@H](CC(=O)Nc2cc(-c3ccsc3)c(-c3ccc(C4(N)CCC4)cc3)cn2)CC1. The minimum Gasteiger partial charge on any atom is -0.321 e. The van der Waals surface area contributed by atoms with E-state index in [1.54, 1.807) is 18.3 Å². The fraction of sp³-hybridized carbons (Fsp3) is 0.448. The Morgan fingerprint density at radius 2 is 1.82 bits per heavy atom. The molecule has 0 aliphatic heterocycles. The quantitative estimate of drug-likeness (QED) is 0.318. The number of carbonyl (C=O) groups is 1. The van der Waals surface area contributed by atoms with Crippen molar-refractivity contribution in [3.63, 3.8) is 0 Å². The van der Waals surface area contributed by atoms with E-state index in [2.05, 4.69) is 50.7 Å². The first kappa shape index (κ1) is 27.0. The Bertz CT molecular complexity index is 1360. The number of benzene rings is 1. The lowest BCUT2D eigenvalue weighted by Gasteiger charge is -2.38. The molecular formula is C29H36N4O3S2. The van der Waals surface area contributed by atoms with Crippen molar-refractivity contribution in [3.05, 3.63) is 58.9 Å². The molecule has 1 amide bonds. The van der Waals surface area contributed by atoms with E-state index in [0.29, 0.717) is 12.2 Å². The first-order chi connectivity index (χ1) is 18.2. The Hall–Kier alpha value is -2.59. The van der Waals surface area contributed by atoms with Crippen LogP contribution >= 0.6 is 11.3 Å². The largest absolute Gasteiger partial charge is 0.321 e. The van der Waals surface area contributed by atoms with Gasteiger partial charge in [-0.2, -0.15) is 11.3 Å². The first-order valence-corrected chi connectivity index (χ1v) is 16.1. The Kier molecular flexibility index (Phi) is 8.00. The molecule has 2 aromatic heterocycles. The Balaban J connectivity index is 1.26. The number of hydrogen-bond acceptors (Lipinski definition) is 6. The van der Waals surface area contributed by atoms with E-state index in [4.69, 9.17) is 5.73 Å². The van der Waals surface area contributed by atoms with Crippen molar-refractivity contribution < 1.29 is 13.2 Å². The summed E-state index contributed by atoms with van der Waals surface area (Å²) in [6.07, 6.45) is 8.67. The van der Waals surface area contributed by atoms with Gasteiger partial charge in [-0.1, -0.05) is 24.3 Å². The number of sulfonamides is 1. The molecule has 3 aromatic rings. The number of aromatic nitrogens is 1. The fourth-order valence-corrected chi connectivity index (χ4v) is 7.08. The van der Waals surface area contributed by atoms with E-state index in [-0.39, 0.29) is 29.2 Å². The highest BCUT2D eigenvalue weighted by Gasteiger charge is 2.34. The highest BCUT2D eigenvalue weighted by molar-refractivity contribution is 7.89. The summed E-state index contributed by atoms with van der Waals surface area (Å²) in [6, 6.07) is 12.5. The third kappa shape index (κ3) is 6.17. The molecule has 0 atom stereocenters. The number of rotatable bonds is 9. The maximum Gasteiger partial charge on any atom is 0.225 e. The molecule has 4 N–H and O–H groups in total. The molecule has 0 unspecified atom stereocenters. The summed E-state index contributed by atoms with van der Waals surface area (Å²) in [5.41, 5.74) is 11.7. The van der Waals surface area contributed by atoms with Crippen molar-refractivity contribution in [1.29, 1.82) is 0 Å². The van der Waals surface area contributed by atoms with Crippen LogP contribution in [0.3, 0.4) is 0 Å². The molecular weight excluding hydrogens is 516 g/mol. The molecule has 0 saturated heterocycles. The van der Waals surface area contributed by atoms with Gasteiger partial charge in [-0.05, 0) is 103 Å². The molecule has 9 heteroatoms. The number of nitrogens with one attached hydrogen (secondary N) is 2. The van der Waals surface area contributed by atoms with Crippen molar-refractivity contribution in [1.82, 2.24) is 9.71 Å². The summed E-state index contributed by atoms with van der Waals surface area (Å²) in [7, 11) is -3.20. The maximum atomic E-state index is 12.9. The number of nitrogens with two attached hydrogens (primary N) is 1. The highest BCUT2D eigenvalue weighted by atomic mass is 32.2. The third-order valence-electron chi connectivity index (χ3n) is 8.07. The average Bonchev–Trinajstić information content (AvgIpc) is 3.43. The molecule has 38 heavy (non-hydrogen) atoms. The maximum absolute atomic E-state index is 12.9. The standard InChI is InChI=1S/C29H36N4O3S2/c1-2-38(35,36)33-24-10-4-20(5-11-24)16-28(34)32-27-17-25(22-12-15-37-19-22)26(18-31-27)21-6-8-23(9-7-21)29(30)13-3-14-29/h6-9,12,15,17-20,24,33H,2-5,10-11,13-14,16,30H2,1H3,(H,31,32,34)/t20-,24-. The fourth-order valence-electron chi connectivity index (χ4n) is 5.52. The van der Waals surface area contributed by atoms with Crippen LogP contribution in [0.15, 0.2) is 53.4 Å². The average molecular weight is 553 g/mol. The van der Waals surface area contributed by atoms with Gasteiger partial charge in [0.25, 0.3) is 0 Å². The normalized spacial score (nSPS) is 21.0. The van der Waals surface area contributed by atoms with Gasteiger partial charge in [-0.15, -0.1) is 0 Å². The van der Waals surface area contributed by atoms with Crippen LogP contribution in [0.1, 0.15) is 63.9 Å². The van der Waals surface area contributed by atoms with Crippen LogP contribution in [0.4, 0.5) is 5.82 Å². The van der Waals surface area contributed by atoms with E-state index in [1.165, 1.54) is 12.0 Å². The van der Waals surface area contributed by atoms with Crippen LogP contribution in [-0.4, -0.2) is 31.1 Å². The van der Waals surface area contributed by atoms with Gasteiger partial charge in [0.2, 0.25) is 15.9 Å². The van der Waals surface area contributed by atoms with E-state index < -0.39 is 10.0 Å². The smallest absolute Gasteiger partial charge is 0.225 e. The summed E-state index contributed by atoms with van der Waals surface area (Å²) in [6.45, 7) is 1.64. The monoisotopic (exact) mass is 552 g/mol. The molecule has 202 valence electrons. The molecule has 5 rings (SSSR count). The molecule has 2 heterocycles. The number of thiophene rings is 1. The van der Waals surface area contributed by atoms with Crippen LogP contribution in [0.5, 0.6) is 0 Å². The van der Waals surface area contributed by atoms with Gasteiger partial charge >= 0.3 is 0 Å². The van der Waals surface area contributed by atoms with Gasteiger partial charge in [-0.3, -0.25) is 4.79 Å². The van der Waals surface area contributed by atoms with E-state index in [9.17, 15) is 13.2 Å². The number of carbonyl (C=O) groups excluding carboxylic acids is 1. The highest BCUT2D eigenvalue weighted by Crippen LogP contribution is 2.40. The van der Waals surface area contributed by atoms with Crippen LogP contribution in [-0.2, 0) is 20.4 Å². The lowest BCUT2D eigenvalue weighted by molar-refractivity contribution is -0.117. The van der Waals surface area contributed by atoms with E-state index in [1.807, 2.05) is 17.6 Å². The number of hydrogen-bond donors (Lipinski definition) is 3. The van der Waals surface area contributed by atoms with Gasteiger partial charge in [0.15, 0.2) is 0 Å². The summed E-state index contributed by atoms with van der Waals surface area (Å²) in [5.74, 6) is 0.815. The van der Waals surface area contributed by atoms with Gasteiger partial charge in [-0.25, -0.2) is 18.1 Å². The van der Waals surface area contributed by atoms with Crippen molar-refractivity contribution in [2.45, 2.75) is 69.9 Å². The number of nitrogens with zero attached hydrogens (tertiary/aromatic N) is 1. The number of amides is 1. The van der Waals surface area contributed by atoms with Crippen LogP contribution in [0, 0.1) is 5.92 Å². The molecule has 2 aliphatic carbocycles. The molecule has 0 radical (unpaired) electrons. The van der Waals surface area contributed by atoms with Crippen LogP contribution in [0.25, 0.3) is 22.3 Å². The van der Waals surface area contributed by atoms with Crippen molar-refractivity contribution >= 4 is 33.1 Å². The minimum absolute atomic E-state index is 0.0280. The van der Waals surface area contributed by atoms with Gasteiger partial charge in [0.1, 0.15) is 5.82 Å². The van der Waals surface area contributed by atoms with E-state index >= 15 is 0 Å². The molecule has 1 aromatic carbocycles. The second-order valence-electron chi connectivity index (χ2n) is 10.7. The summed E-state index contributed by atoms with van der Waals surface area (Å²) in [5, 5.41) is 7.15. The molecule has 2 fully saturated rings. The lowest BCUT2D eigenvalue weighted by Crippen LogP contribution is -2.43. The summed E-state index contributed by atoms with van der Waals surface area (Å²) < 4.78 is 26.4. The Labute approximate surface area is 229 Å². The minimum atomic E-state index is -3.20. The predicted octanol–water partition coefficient (Wildman–Crippen LogP) is 5.64. The van der Waals surface area contributed by atoms with Crippen LogP contribution in [0.2, 0.25) is 0 Å². The van der Waals surface area contributed by atoms with E-state index in [0.717, 1.165) is 60.8 Å². The lowest BCUT2D eigenvalue weighted by atomic mass is 9.72. The summed E-state index contributed by atoms with van der Waals surface area (Å²) in [4.78, 5) is 17.5. The van der Waals surface area contributed by atoms with Gasteiger partial charge in [0.05, 0.1) is 5.75 Å². The zero-order valence-electron chi connectivity index (χ0n) is 21.8. The number of pyridine rings is 1. The predicted molar refractivity (Wildman–Crippen MR) is 154 cm³/mol. The zero-order chi connectivity index (χ0) is 26.8. The molecule has 0 bridgehead atoms. The second-order valence-corrected chi connectivity index (χ2v) is 13.5. The molecule has 7 nitrogen and oxygen atoms in total. The van der Waals surface area contributed by atoms with Crippen molar-refractivity contribution in [3.8, 4) is 22.3 Å². The van der Waals surface area contributed by atoms with Crippen LogP contribution < -0.4 is 15.8 Å². The van der Waals surface area contributed by atoms with Crippen molar-refractivity contribution in [2.24, 2.45) is 11.7 Å². The van der Waals surface area contributed by atoms with Gasteiger partial charge in [0, 0.05) is 29.8 Å².